The highest BCUT2D eigenvalue weighted by Gasteiger charge is 2.23. The number of anilines is 1. The fraction of sp³-hybridized carbons (Fsp3) is 0.235. The van der Waals surface area contributed by atoms with E-state index in [-0.39, 0.29) is 17.7 Å². The van der Waals surface area contributed by atoms with Crippen LogP contribution in [0.15, 0.2) is 59.5 Å². The molecule has 3 rings (SSSR count). The van der Waals surface area contributed by atoms with E-state index in [0.717, 1.165) is 12.1 Å². The van der Waals surface area contributed by atoms with Gasteiger partial charge >= 0.3 is 0 Å². The highest BCUT2D eigenvalue weighted by atomic mass is 32.2. The topological polar surface area (TPSA) is 75.3 Å². The molecule has 5 nitrogen and oxygen atoms in total. The van der Waals surface area contributed by atoms with Crippen molar-refractivity contribution >= 4 is 21.4 Å². The van der Waals surface area contributed by atoms with Crippen molar-refractivity contribution in [3.05, 3.63) is 60.2 Å². The molecule has 0 aliphatic carbocycles. The summed E-state index contributed by atoms with van der Waals surface area (Å²) in [5.74, 6) is -0.0871. The molecule has 0 bridgehead atoms. The number of benzene rings is 2. The fourth-order valence-electron chi connectivity index (χ4n) is 2.61. The van der Waals surface area contributed by atoms with Crippen LogP contribution in [0.2, 0.25) is 0 Å². The van der Waals surface area contributed by atoms with E-state index in [2.05, 4.69) is 10.6 Å². The van der Waals surface area contributed by atoms with Crippen molar-refractivity contribution in [2.45, 2.75) is 23.1 Å². The summed E-state index contributed by atoms with van der Waals surface area (Å²) in [5.41, 5.74) is 1.45. The molecule has 1 fully saturated rings. The van der Waals surface area contributed by atoms with Gasteiger partial charge in [-0.3, -0.25) is 4.79 Å². The Balaban J connectivity index is 1.76. The van der Waals surface area contributed by atoms with E-state index in [4.69, 9.17) is 0 Å². The van der Waals surface area contributed by atoms with E-state index < -0.39 is 9.84 Å². The van der Waals surface area contributed by atoms with Crippen LogP contribution in [0.1, 0.15) is 12.0 Å². The molecule has 120 valence electrons. The Labute approximate surface area is 135 Å². The van der Waals surface area contributed by atoms with Gasteiger partial charge in [-0.2, -0.15) is 0 Å². The van der Waals surface area contributed by atoms with Crippen LogP contribution in [0.5, 0.6) is 0 Å². The summed E-state index contributed by atoms with van der Waals surface area (Å²) in [6.07, 6.45) is 0.728. The molecule has 0 aromatic heterocycles. The van der Waals surface area contributed by atoms with E-state index in [1.54, 1.807) is 48.5 Å². The maximum Gasteiger partial charge on any atom is 0.242 e. The summed E-state index contributed by atoms with van der Waals surface area (Å²) in [4.78, 5) is 11.9. The van der Waals surface area contributed by atoms with Gasteiger partial charge in [0.1, 0.15) is 6.04 Å². The van der Waals surface area contributed by atoms with Gasteiger partial charge in [0.05, 0.1) is 10.6 Å². The first-order valence-corrected chi connectivity index (χ1v) is 9.11. The van der Waals surface area contributed by atoms with Gasteiger partial charge in [-0.25, -0.2) is 8.42 Å². The second-order valence-corrected chi connectivity index (χ2v) is 7.54. The minimum absolute atomic E-state index is 0.0210. The summed E-state index contributed by atoms with van der Waals surface area (Å²) in [6, 6.07) is 15.3. The summed E-state index contributed by atoms with van der Waals surface area (Å²) >= 11 is 0. The zero-order valence-electron chi connectivity index (χ0n) is 12.5. The van der Waals surface area contributed by atoms with Gasteiger partial charge in [0.2, 0.25) is 5.91 Å². The quantitative estimate of drug-likeness (QED) is 0.879. The van der Waals surface area contributed by atoms with Crippen LogP contribution in [0.4, 0.5) is 5.69 Å². The molecule has 0 radical (unpaired) electrons. The Morgan fingerprint density at radius 1 is 1.09 bits per heavy atom. The lowest BCUT2D eigenvalue weighted by molar-refractivity contribution is -0.119. The predicted molar refractivity (Wildman–Crippen MR) is 88.8 cm³/mol. The molecule has 1 aliphatic rings. The summed E-state index contributed by atoms with van der Waals surface area (Å²) in [5, 5.41) is 5.92. The lowest BCUT2D eigenvalue weighted by atomic mass is 10.2. The van der Waals surface area contributed by atoms with Crippen LogP contribution in [-0.4, -0.2) is 26.9 Å². The number of carbonyl (C=O) groups excluding carboxylic acids is 1. The minimum atomic E-state index is -3.38. The van der Waals surface area contributed by atoms with Gasteiger partial charge in [0.25, 0.3) is 0 Å². The van der Waals surface area contributed by atoms with E-state index >= 15 is 0 Å². The third-order valence-electron chi connectivity index (χ3n) is 3.78. The van der Waals surface area contributed by atoms with Crippen LogP contribution in [0.25, 0.3) is 0 Å². The van der Waals surface area contributed by atoms with Crippen molar-refractivity contribution in [3.63, 3.8) is 0 Å². The maximum atomic E-state index is 12.4. The number of hydrogen-bond acceptors (Lipinski definition) is 4. The average molecular weight is 330 g/mol. The molecule has 2 aromatic carbocycles. The van der Waals surface area contributed by atoms with Crippen molar-refractivity contribution in [1.82, 2.24) is 5.32 Å². The second kappa shape index (κ2) is 6.42. The smallest absolute Gasteiger partial charge is 0.242 e. The standard InChI is InChI=1S/C17H18N2O3S/c20-17-16(9-10-18-17)19-14-6-4-5-13(11-14)12-23(21,22)15-7-2-1-3-8-15/h1-8,11,16,19H,9-10,12H2,(H,18,20). The van der Waals surface area contributed by atoms with Crippen molar-refractivity contribution < 1.29 is 13.2 Å². The Kier molecular flexibility index (Phi) is 4.34. The Morgan fingerprint density at radius 2 is 1.87 bits per heavy atom. The number of carbonyl (C=O) groups is 1. The minimum Gasteiger partial charge on any atom is -0.374 e. The highest BCUT2D eigenvalue weighted by Crippen LogP contribution is 2.20. The van der Waals surface area contributed by atoms with Gasteiger partial charge < -0.3 is 10.6 Å². The number of amides is 1. The number of hydrogen-bond donors (Lipinski definition) is 2. The molecule has 0 spiro atoms. The molecule has 1 saturated heterocycles. The van der Waals surface area contributed by atoms with Crippen LogP contribution in [-0.2, 0) is 20.4 Å². The SMILES string of the molecule is O=C1NCCC1Nc1cccc(CS(=O)(=O)c2ccccc2)c1. The molecule has 1 heterocycles. The molecule has 1 atom stereocenters. The first kappa shape index (κ1) is 15.6. The summed E-state index contributed by atoms with van der Waals surface area (Å²) in [6.45, 7) is 0.665. The number of nitrogens with one attached hydrogen (secondary N) is 2. The van der Waals surface area contributed by atoms with Gasteiger partial charge in [-0.1, -0.05) is 30.3 Å². The Morgan fingerprint density at radius 3 is 2.57 bits per heavy atom. The molecule has 23 heavy (non-hydrogen) atoms. The normalized spacial score (nSPS) is 17.7. The van der Waals surface area contributed by atoms with Crippen LogP contribution < -0.4 is 10.6 Å². The van der Waals surface area contributed by atoms with E-state index in [1.165, 1.54) is 0 Å². The zero-order valence-corrected chi connectivity index (χ0v) is 13.3. The monoisotopic (exact) mass is 330 g/mol. The lowest BCUT2D eigenvalue weighted by Crippen LogP contribution is -2.29. The molecule has 2 aromatic rings. The Hall–Kier alpha value is -2.34. The number of sulfone groups is 1. The third kappa shape index (κ3) is 3.71. The molecule has 1 aliphatic heterocycles. The molecule has 1 unspecified atom stereocenters. The molecule has 0 saturated carbocycles. The number of rotatable bonds is 5. The van der Waals surface area contributed by atoms with E-state index in [0.29, 0.717) is 17.0 Å². The van der Waals surface area contributed by atoms with Crippen molar-refractivity contribution in [2.75, 3.05) is 11.9 Å². The first-order valence-electron chi connectivity index (χ1n) is 7.46. The zero-order chi connectivity index (χ0) is 16.3. The van der Waals surface area contributed by atoms with Crippen molar-refractivity contribution in [1.29, 1.82) is 0 Å². The van der Waals surface area contributed by atoms with Crippen LogP contribution >= 0.6 is 0 Å². The van der Waals surface area contributed by atoms with Crippen molar-refractivity contribution in [3.8, 4) is 0 Å². The predicted octanol–water partition coefficient (Wildman–Crippen LogP) is 1.96. The fourth-order valence-corrected chi connectivity index (χ4v) is 3.97. The third-order valence-corrected chi connectivity index (χ3v) is 5.48. The first-order chi connectivity index (χ1) is 11.0. The van der Waals surface area contributed by atoms with Crippen LogP contribution in [0.3, 0.4) is 0 Å². The van der Waals surface area contributed by atoms with Gasteiger partial charge in [-0.15, -0.1) is 0 Å². The van der Waals surface area contributed by atoms with Crippen molar-refractivity contribution in [2.24, 2.45) is 0 Å². The Bertz CT molecular complexity index is 804. The van der Waals surface area contributed by atoms with E-state index in [9.17, 15) is 13.2 Å². The van der Waals surface area contributed by atoms with Crippen LogP contribution in [0, 0.1) is 0 Å². The molecular weight excluding hydrogens is 312 g/mol. The molecule has 1 amide bonds. The largest absolute Gasteiger partial charge is 0.374 e. The molecule has 2 N–H and O–H groups in total. The second-order valence-electron chi connectivity index (χ2n) is 5.55. The summed E-state index contributed by atoms with van der Waals surface area (Å²) < 4.78 is 24.8. The highest BCUT2D eigenvalue weighted by molar-refractivity contribution is 7.90. The van der Waals surface area contributed by atoms with Gasteiger partial charge in [0.15, 0.2) is 9.84 Å². The van der Waals surface area contributed by atoms with Gasteiger partial charge in [-0.05, 0) is 36.2 Å². The maximum absolute atomic E-state index is 12.4. The summed E-state index contributed by atoms with van der Waals surface area (Å²) in [7, 11) is -3.38. The molecular formula is C17H18N2O3S. The molecule has 6 heteroatoms. The lowest BCUT2D eigenvalue weighted by Gasteiger charge is -2.12. The average Bonchev–Trinajstić information content (AvgIpc) is 2.93. The van der Waals surface area contributed by atoms with Gasteiger partial charge in [0, 0.05) is 12.2 Å². The van der Waals surface area contributed by atoms with E-state index in [1.807, 2.05) is 6.07 Å².